The average molecular weight is 229 g/mol. The predicted octanol–water partition coefficient (Wildman–Crippen LogP) is 2.78. The number of hydrogen-bond acceptors (Lipinski definition) is 4. The van der Waals surface area contributed by atoms with Crippen molar-refractivity contribution in [3.8, 4) is 11.6 Å². The Kier molecular flexibility index (Phi) is 3.25. The zero-order chi connectivity index (χ0) is 12.3. The van der Waals surface area contributed by atoms with Crippen LogP contribution in [0.2, 0.25) is 0 Å². The van der Waals surface area contributed by atoms with Crippen molar-refractivity contribution < 1.29 is 4.74 Å². The number of nitrogens with one attached hydrogen (secondary N) is 1. The van der Waals surface area contributed by atoms with E-state index in [2.05, 4.69) is 10.4 Å². The van der Waals surface area contributed by atoms with Crippen LogP contribution in [-0.4, -0.2) is 4.98 Å². The predicted molar refractivity (Wildman–Crippen MR) is 68.0 cm³/mol. The Labute approximate surface area is 100 Å². The monoisotopic (exact) mass is 229 g/mol. The van der Waals surface area contributed by atoms with Gasteiger partial charge >= 0.3 is 0 Å². The highest BCUT2D eigenvalue weighted by atomic mass is 16.5. The molecule has 0 spiro atoms. The lowest BCUT2D eigenvalue weighted by Gasteiger charge is -2.10. The molecular formula is C13H15N3O. The second-order valence-corrected chi connectivity index (χ2v) is 3.81. The SMILES string of the molecule is Cc1cccc(Oc2cccc(NN)n2)c1C. The molecule has 0 saturated heterocycles. The van der Waals surface area contributed by atoms with Gasteiger partial charge in [-0.05, 0) is 37.1 Å². The van der Waals surface area contributed by atoms with Crippen molar-refractivity contribution in [2.24, 2.45) is 5.84 Å². The fraction of sp³-hybridized carbons (Fsp3) is 0.154. The molecule has 0 aliphatic rings. The quantitative estimate of drug-likeness (QED) is 0.627. The van der Waals surface area contributed by atoms with Crippen LogP contribution in [0, 0.1) is 13.8 Å². The van der Waals surface area contributed by atoms with Crippen LogP contribution in [0.25, 0.3) is 0 Å². The van der Waals surface area contributed by atoms with Crippen LogP contribution in [-0.2, 0) is 0 Å². The van der Waals surface area contributed by atoms with E-state index in [0.717, 1.165) is 11.3 Å². The average Bonchev–Trinajstić information content (AvgIpc) is 2.35. The summed E-state index contributed by atoms with van der Waals surface area (Å²) in [6, 6.07) is 11.3. The van der Waals surface area contributed by atoms with Crippen LogP contribution >= 0.6 is 0 Å². The molecule has 3 N–H and O–H groups in total. The van der Waals surface area contributed by atoms with Gasteiger partial charge in [-0.2, -0.15) is 4.98 Å². The number of benzene rings is 1. The summed E-state index contributed by atoms with van der Waals surface area (Å²) >= 11 is 0. The Morgan fingerprint density at radius 3 is 2.65 bits per heavy atom. The van der Waals surface area contributed by atoms with Crippen molar-refractivity contribution in [1.29, 1.82) is 0 Å². The van der Waals surface area contributed by atoms with Gasteiger partial charge < -0.3 is 10.2 Å². The first-order chi connectivity index (χ1) is 8.20. The fourth-order valence-electron chi connectivity index (χ4n) is 1.50. The van der Waals surface area contributed by atoms with Gasteiger partial charge in [0.2, 0.25) is 5.88 Å². The lowest BCUT2D eigenvalue weighted by Crippen LogP contribution is -2.08. The summed E-state index contributed by atoms with van der Waals surface area (Å²) in [7, 11) is 0. The van der Waals surface area contributed by atoms with Gasteiger partial charge in [-0.3, -0.25) is 0 Å². The molecule has 4 heteroatoms. The molecule has 1 heterocycles. The van der Waals surface area contributed by atoms with E-state index in [1.807, 2.05) is 38.1 Å². The van der Waals surface area contributed by atoms with E-state index in [-0.39, 0.29) is 0 Å². The number of nitrogens with two attached hydrogens (primary N) is 1. The minimum Gasteiger partial charge on any atom is -0.439 e. The van der Waals surface area contributed by atoms with Crippen LogP contribution in [0.4, 0.5) is 5.82 Å². The first-order valence-corrected chi connectivity index (χ1v) is 5.38. The number of hydrazine groups is 1. The standard InChI is InChI=1S/C13H15N3O/c1-9-5-3-6-11(10(9)2)17-13-8-4-7-12(15-13)16-14/h3-8H,14H2,1-2H3,(H,15,16). The van der Waals surface area contributed by atoms with E-state index >= 15 is 0 Å². The molecule has 0 fully saturated rings. The molecular weight excluding hydrogens is 214 g/mol. The van der Waals surface area contributed by atoms with Crippen molar-refractivity contribution in [1.82, 2.24) is 4.98 Å². The first kappa shape index (κ1) is 11.4. The number of nitrogens with zero attached hydrogens (tertiary/aromatic N) is 1. The summed E-state index contributed by atoms with van der Waals surface area (Å²) in [5.41, 5.74) is 4.79. The number of aromatic nitrogens is 1. The fourth-order valence-corrected chi connectivity index (χ4v) is 1.50. The maximum Gasteiger partial charge on any atom is 0.221 e. The van der Waals surface area contributed by atoms with Gasteiger partial charge in [0, 0.05) is 6.07 Å². The number of ether oxygens (including phenoxy) is 1. The summed E-state index contributed by atoms with van der Waals surface area (Å²) in [6.07, 6.45) is 0. The second-order valence-electron chi connectivity index (χ2n) is 3.81. The molecule has 1 aromatic heterocycles. The number of rotatable bonds is 3. The first-order valence-electron chi connectivity index (χ1n) is 5.38. The van der Waals surface area contributed by atoms with Crippen LogP contribution in [0.1, 0.15) is 11.1 Å². The number of nitrogen functional groups attached to an aromatic ring is 1. The smallest absolute Gasteiger partial charge is 0.221 e. The molecule has 0 aliphatic carbocycles. The van der Waals surface area contributed by atoms with Crippen LogP contribution < -0.4 is 16.0 Å². The third-order valence-corrected chi connectivity index (χ3v) is 2.64. The van der Waals surface area contributed by atoms with E-state index < -0.39 is 0 Å². The third-order valence-electron chi connectivity index (χ3n) is 2.64. The van der Waals surface area contributed by atoms with Gasteiger partial charge in [-0.15, -0.1) is 0 Å². The highest BCUT2D eigenvalue weighted by Crippen LogP contribution is 2.26. The molecule has 0 atom stereocenters. The molecule has 0 unspecified atom stereocenters. The van der Waals surface area contributed by atoms with Crippen LogP contribution in [0.15, 0.2) is 36.4 Å². The minimum absolute atomic E-state index is 0.522. The zero-order valence-electron chi connectivity index (χ0n) is 9.90. The molecule has 4 nitrogen and oxygen atoms in total. The molecule has 0 radical (unpaired) electrons. The van der Waals surface area contributed by atoms with E-state index in [0.29, 0.717) is 11.7 Å². The number of hydrogen-bond donors (Lipinski definition) is 2. The van der Waals surface area contributed by atoms with Crippen LogP contribution in [0.5, 0.6) is 11.6 Å². The van der Waals surface area contributed by atoms with Gasteiger partial charge in [0.25, 0.3) is 0 Å². The normalized spacial score (nSPS) is 10.1. The van der Waals surface area contributed by atoms with Crippen molar-refractivity contribution in [3.63, 3.8) is 0 Å². The highest BCUT2D eigenvalue weighted by molar-refractivity contribution is 5.42. The highest BCUT2D eigenvalue weighted by Gasteiger charge is 2.04. The van der Waals surface area contributed by atoms with E-state index in [1.165, 1.54) is 5.56 Å². The third kappa shape index (κ3) is 2.54. The van der Waals surface area contributed by atoms with Gasteiger partial charge in [0.1, 0.15) is 11.6 Å². The maximum absolute atomic E-state index is 5.73. The molecule has 0 aliphatic heterocycles. The molecule has 2 rings (SSSR count). The van der Waals surface area contributed by atoms with Gasteiger partial charge in [0.15, 0.2) is 0 Å². The van der Waals surface area contributed by atoms with E-state index in [1.54, 1.807) is 12.1 Å². The Balaban J connectivity index is 2.28. The summed E-state index contributed by atoms with van der Waals surface area (Å²) in [4.78, 5) is 4.20. The van der Waals surface area contributed by atoms with Crippen LogP contribution in [0.3, 0.4) is 0 Å². The summed E-state index contributed by atoms with van der Waals surface area (Å²) in [5.74, 6) is 7.21. The van der Waals surface area contributed by atoms with Gasteiger partial charge in [-0.1, -0.05) is 18.2 Å². The Hall–Kier alpha value is -2.07. The lowest BCUT2D eigenvalue weighted by molar-refractivity contribution is 0.459. The van der Waals surface area contributed by atoms with E-state index in [9.17, 15) is 0 Å². The number of anilines is 1. The van der Waals surface area contributed by atoms with E-state index in [4.69, 9.17) is 10.6 Å². The molecule has 0 saturated carbocycles. The zero-order valence-corrected chi connectivity index (χ0v) is 9.90. The molecule has 2 aromatic rings. The lowest BCUT2D eigenvalue weighted by atomic mass is 10.1. The Morgan fingerprint density at radius 2 is 1.88 bits per heavy atom. The minimum atomic E-state index is 0.522. The molecule has 88 valence electrons. The number of aryl methyl sites for hydroxylation is 1. The second kappa shape index (κ2) is 4.84. The Bertz CT molecular complexity index is 526. The summed E-state index contributed by atoms with van der Waals surface area (Å²) < 4.78 is 5.73. The van der Waals surface area contributed by atoms with Crippen molar-refractivity contribution >= 4 is 5.82 Å². The molecule has 17 heavy (non-hydrogen) atoms. The van der Waals surface area contributed by atoms with Gasteiger partial charge in [0.05, 0.1) is 0 Å². The Morgan fingerprint density at radius 1 is 1.12 bits per heavy atom. The summed E-state index contributed by atoms with van der Waals surface area (Å²) in [5, 5.41) is 0. The molecule has 0 bridgehead atoms. The van der Waals surface area contributed by atoms with Crippen molar-refractivity contribution in [3.05, 3.63) is 47.5 Å². The largest absolute Gasteiger partial charge is 0.439 e. The molecule has 0 amide bonds. The topological polar surface area (TPSA) is 60.2 Å². The van der Waals surface area contributed by atoms with Gasteiger partial charge in [-0.25, -0.2) is 5.84 Å². The number of pyridine rings is 1. The maximum atomic E-state index is 5.73. The van der Waals surface area contributed by atoms with Crippen molar-refractivity contribution in [2.45, 2.75) is 13.8 Å². The van der Waals surface area contributed by atoms with Crippen molar-refractivity contribution in [2.75, 3.05) is 5.43 Å². The molecule has 1 aromatic carbocycles. The summed E-state index contributed by atoms with van der Waals surface area (Å²) in [6.45, 7) is 4.07.